The summed E-state index contributed by atoms with van der Waals surface area (Å²) in [5, 5.41) is 5.43. The fraction of sp³-hybridized carbons (Fsp3) is 0.273. The Labute approximate surface area is 183 Å². The molecule has 2 amide bonds. The lowest BCUT2D eigenvalue weighted by atomic mass is 9.94. The van der Waals surface area contributed by atoms with E-state index in [1.54, 1.807) is 26.2 Å². The zero-order valence-electron chi connectivity index (χ0n) is 17.0. The molecule has 7 nitrogen and oxygen atoms in total. The van der Waals surface area contributed by atoms with Crippen LogP contribution in [0.1, 0.15) is 24.1 Å². The molecular weight excluding hydrogens is 452 g/mol. The monoisotopic (exact) mass is 474 g/mol. The Morgan fingerprint density at radius 2 is 1.87 bits per heavy atom. The van der Waals surface area contributed by atoms with Gasteiger partial charge in [0.2, 0.25) is 0 Å². The number of carbonyl (C=O) groups is 2. The minimum Gasteiger partial charge on any atom is -0.497 e. The zero-order valence-corrected chi connectivity index (χ0v) is 18.5. The third kappa shape index (κ3) is 4.76. The highest BCUT2D eigenvalue weighted by Gasteiger charge is 2.35. The van der Waals surface area contributed by atoms with Crippen molar-refractivity contribution in [2.45, 2.75) is 19.4 Å². The van der Waals surface area contributed by atoms with E-state index < -0.39 is 18.0 Å². The number of nitrogens with one attached hydrogen (secondary N) is 2. The number of urea groups is 1. The molecule has 0 fully saturated rings. The lowest BCUT2D eigenvalue weighted by Crippen LogP contribution is -2.45. The fourth-order valence-corrected chi connectivity index (χ4v) is 3.93. The molecule has 0 saturated carbocycles. The van der Waals surface area contributed by atoms with Crippen LogP contribution in [0.5, 0.6) is 11.5 Å². The Hall–Kier alpha value is -3.00. The Morgan fingerprint density at radius 1 is 1.13 bits per heavy atom. The van der Waals surface area contributed by atoms with E-state index in [2.05, 4.69) is 26.6 Å². The smallest absolute Gasteiger partial charge is 0.338 e. The number of carbonyl (C=O) groups excluding carboxylic acids is 2. The number of allylic oxidation sites excluding steroid dienone is 1. The molecular formula is C22H23BrN2O5. The van der Waals surface area contributed by atoms with Crippen molar-refractivity contribution in [1.29, 1.82) is 0 Å². The maximum absolute atomic E-state index is 13.0. The fourth-order valence-electron chi connectivity index (χ4n) is 3.32. The average Bonchev–Trinajstić information content (AvgIpc) is 2.73. The second-order valence-electron chi connectivity index (χ2n) is 6.67. The normalized spacial score (nSPS) is 15.9. The zero-order chi connectivity index (χ0) is 21.7. The number of hydrogen-bond acceptors (Lipinski definition) is 5. The second kappa shape index (κ2) is 9.67. The quantitative estimate of drug-likeness (QED) is 0.594. The molecule has 2 N–H and O–H groups in total. The molecule has 0 bridgehead atoms. The number of halogens is 1. The summed E-state index contributed by atoms with van der Waals surface area (Å²) in [5.74, 6) is 0.534. The minimum atomic E-state index is -0.760. The summed E-state index contributed by atoms with van der Waals surface area (Å²) in [5.41, 5.74) is 2.38. The van der Waals surface area contributed by atoms with E-state index in [1.165, 1.54) is 7.11 Å². The van der Waals surface area contributed by atoms with Gasteiger partial charge in [-0.1, -0.05) is 30.3 Å². The van der Waals surface area contributed by atoms with Gasteiger partial charge in [0, 0.05) is 17.7 Å². The predicted molar refractivity (Wildman–Crippen MR) is 115 cm³/mol. The molecule has 0 unspecified atom stereocenters. The van der Waals surface area contributed by atoms with E-state index in [9.17, 15) is 9.59 Å². The van der Waals surface area contributed by atoms with E-state index >= 15 is 0 Å². The number of hydrogen-bond donors (Lipinski definition) is 2. The van der Waals surface area contributed by atoms with Crippen molar-refractivity contribution in [2.24, 2.45) is 0 Å². The molecule has 1 aliphatic rings. The van der Waals surface area contributed by atoms with E-state index in [0.717, 1.165) is 5.56 Å². The van der Waals surface area contributed by atoms with Crippen LogP contribution in [0, 0.1) is 0 Å². The first-order valence-electron chi connectivity index (χ1n) is 9.35. The van der Waals surface area contributed by atoms with E-state index in [4.69, 9.17) is 14.2 Å². The van der Waals surface area contributed by atoms with Crippen LogP contribution < -0.4 is 20.1 Å². The van der Waals surface area contributed by atoms with Crippen LogP contribution in [0.4, 0.5) is 4.79 Å². The van der Waals surface area contributed by atoms with Crippen molar-refractivity contribution < 1.29 is 23.8 Å². The van der Waals surface area contributed by atoms with E-state index in [-0.39, 0.29) is 6.61 Å². The number of methoxy groups -OCH3 is 2. The minimum absolute atomic E-state index is 0.221. The van der Waals surface area contributed by atoms with Crippen molar-refractivity contribution in [3.63, 3.8) is 0 Å². The molecule has 0 aromatic heterocycles. The van der Waals surface area contributed by atoms with Gasteiger partial charge >= 0.3 is 12.0 Å². The first-order chi connectivity index (χ1) is 14.4. The van der Waals surface area contributed by atoms with Crippen molar-refractivity contribution in [2.75, 3.05) is 20.8 Å². The predicted octanol–water partition coefficient (Wildman–Crippen LogP) is 3.88. The van der Waals surface area contributed by atoms with Gasteiger partial charge in [-0.2, -0.15) is 0 Å². The van der Waals surface area contributed by atoms with Gasteiger partial charge in [-0.25, -0.2) is 9.59 Å². The van der Waals surface area contributed by atoms with Crippen LogP contribution in [0.2, 0.25) is 0 Å². The molecule has 3 rings (SSSR count). The molecule has 0 spiro atoms. The number of rotatable bonds is 7. The molecule has 2 aromatic rings. The largest absolute Gasteiger partial charge is 0.497 e. The lowest BCUT2D eigenvalue weighted by molar-refractivity contribution is -0.139. The maximum Gasteiger partial charge on any atom is 0.338 e. The van der Waals surface area contributed by atoms with Crippen LogP contribution in [0.25, 0.3) is 0 Å². The van der Waals surface area contributed by atoms with Gasteiger partial charge in [0.25, 0.3) is 0 Å². The number of benzene rings is 2. The number of amides is 2. The van der Waals surface area contributed by atoms with Crippen molar-refractivity contribution in [1.82, 2.24) is 10.6 Å². The van der Waals surface area contributed by atoms with Crippen LogP contribution >= 0.6 is 15.9 Å². The van der Waals surface area contributed by atoms with Gasteiger partial charge in [-0.15, -0.1) is 0 Å². The van der Waals surface area contributed by atoms with Crippen LogP contribution in [-0.4, -0.2) is 32.8 Å². The van der Waals surface area contributed by atoms with Gasteiger partial charge in [-0.3, -0.25) is 0 Å². The standard InChI is InChI=1S/C22H23BrN2O5/c1-13-18(21(26)30-10-9-14-7-5-4-6-8-14)19(25-22(27)24-13)16-11-15(28-2)12-17(23)20(16)29-3/h4-8,11-12,19H,9-10H2,1-3H3,(H2,24,25,27)/t19-/m1/s1. The Bertz CT molecular complexity index is 975. The Morgan fingerprint density at radius 3 is 2.53 bits per heavy atom. The third-order valence-electron chi connectivity index (χ3n) is 4.75. The highest BCUT2D eigenvalue weighted by molar-refractivity contribution is 9.10. The molecule has 0 radical (unpaired) electrons. The summed E-state index contributed by atoms with van der Waals surface area (Å²) in [6, 6.07) is 12.1. The van der Waals surface area contributed by atoms with E-state index in [1.807, 2.05) is 30.3 Å². The average molecular weight is 475 g/mol. The highest BCUT2D eigenvalue weighted by atomic mass is 79.9. The van der Waals surface area contributed by atoms with Gasteiger partial charge in [0.05, 0.1) is 36.9 Å². The molecule has 30 heavy (non-hydrogen) atoms. The van der Waals surface area contributed by atoms with Gasteiger partial charge in [-0.05, 0) is 40.5 Å². The second-order valence-corrected chi connectivity index (χ2v) is 7.53. The molecule has 8 heteroatoms. The maximum atomic E-state index is 13.0. The first-order valence-corrected chi connectivity index (χ1v) is 10.1. The Balaban J connectivity index is 1.89. The number of ether oxygens (including phenoxy) is 3. The van der Waals surface area contributed by atoms with Gasteiger partial charge in [0.15, 0.2) is 0 Å². The summed E-state index contributed by atoms with van der Waals surface area (Å²) in [4.78, 5) is 25.1. The van der Waals surface area contributed by atoms with Crippen LogP contribution in [-0.2, 0) is 16.0 Å². The third-order valence-corrected chi connectivity index (χ3v) is 5.34. The summed E-state index contributed by atoms with van der Waals surface area (Å²) in [6.45, 7) is 1.89. The Kier molecular flexibility index (Phi) is 6.99. The SMILES string of the molecule is COc1cc(Br)c(OC)c([C@H]2NC(=O)NC(C)=C2C(=O)OCCc2ccccc2)c1. The molecule has 0 saturated heterocycles. The van der Waals surface area contributed by atoms with Gasteiger partial charge < -0.3 is 24.8 Å². The first kappa shape index (κ1) is 21.7. The topological polar surface area (TPSA) is 85.9 Å². The molecule has 0 aliphatic carbocycles. The van der Waals surface area contributed by atoms with E-state index in [0.29, 0.717) is 39.2 Å². The van der Waals surface area contributed by atoms with Crippen LogP contribution in [0.3, 0.4) is 0 Å². The van der Waals surface area contributed by atoms with Gasteiger partial charge in [0.1, 0.15) is 11.5 Å². The molecule has 1 aliphatic heterocycles. The molecule has 1 atom stereocenters. The highest BCUT2D eigenvalue weighted by Crippen LogP contribution is 2.40. The lowest BCUT2D eigenvalue weighted by Gasteiger charge is -2.29. The molecule has 2 aromatic carbocycles. The number of esters is 1. The summed E-state index contributed by atoms with van der Waals surface area (Å²) in [6.07, 6.45) is 0.595. The molecule has 1 heterocycles. The van der Waals surface area contributed by atoms with Crippen LogP contribution in [0.15, 0.2) is 58.2 Å². The van der Waals surface area contributed by atoms with Crippen molar-refractivity contribution in [3.8, 4) is 11.5 Å². The summed E-state index contributed by atoms with van der Waals surface area (Å²) < 4.78 is 17.0. The van der Waals surface area contributed by atoms with Crippen molar-refractivity contribution in [3.05, 3.63) is 69.3 Å². The molecule has 158 valence electrons. The summed E-state index contributed by atoms with van der Waals surface area (Å²) in [7, 11) is 3.06. The summed E-state index contributed by atoms with van der Waals surface area (Å²) >= 11 is 3.46. The van der Waals surface area contributed by atoms with Crippen molar-refractivity contribution >= 4 is 27.9 Å².